The average Bonchev–Trinajstić information content (AvgIpc) is 3.51. The fourth-order valence-corrected chi connectivity index (χ4v) is 7.99. The first-order valence-electron chi connectivity index (χ1n) is 17.0. The van der Waals surface area contributed by atoms with E-state index in [1.54, 1.807) is 47.6 Å². The predicted octanol–water partition coefficient (Wildman–Crippen LogP) is 7.50. The molecule has 3 aliphatic heterocycles. The fraction of sp³-hybridized carbons (Fsp3) is 0.639. The average molecular weight is 698 g/mol. The number of ether oxygens (including phenoxy) is 4. The number of aromatic nitrogens is 2. The molecule has 13 heteroatoms. The highest BCUT2D eigenvalue weighted by Gasteiger charge is 2.50. The summed E-state index contributed by atoms with van der Waals surface area (Å²) >= 11 is 6.68. The molecule has 49 heavy (non-hydrogen) atoms. The summed E-state index contributed by atoms with van der Waals surface area (Å²) in [6.07, 6.45) is 1.00. The van der Waals surface area contributed by atoms with E-state index in [2.05, 4.69) is 22.9 Å². The number of benzene rings is 1. The predicted molar refractivity (Wildman–Crippen MR) is 180 cm³/mol. The molecule has 0 radical (unpaired) electrons. The van der Waals surface area contributed by atoms with Gasteiger partial charge in [0, 0.05) is 30.5 Å². The molecule has 264 valence electrons. The number of rotatable bonds is 4. The highest BCUT2D eigenvalue weighted by Crippen LogP contribution is 2.51. The maximum absolute atomic E-state index is 14.4. The van der Waals surface area contributed by atoms with Gasteiger partial charge in [-0.05, 0) is 91.3 Å². The van der Waals surface area contributed by atoms with Crippen LogP contribution in [-0.4, -0.2) is 69.7 Å². The first-order chi connectivity index (χ1) is 22.9. The van der Waals surface area contributed by atoms with Crippen LogP contribution >= 0.6 is 11.6 Å². The van der Waals surface area contributed by atoms with Crippen LogP contribution in [-0.2, 0) is 32.8 Å². The Morgan fingerprint density at radius 2 is 1.84 bits per heavy atom. The van der Waals surface area contributed by atoms with E-state index in [0.29, 0.717) is 36.2 Å². The van der Waals surface area contributed by atoms with Gasteiger partial charge in [0.25, 0.3) is 0 Å². The Kier molecular flexibility index (Phi) is 9.12. The molecule has 1 aromatic heterocycles. The number of nitrogens with zero attached hydrogens (tertiary/aromatic N) is 5. The van der Waals surface area contributed by atoms with Crippen LogP contribution in [0.3, 0.4) is 0 Å². The normalized spacial score (nSPS) is 26.4. The lowest BCUT2D eigenvalue weighted by Crippen LogP contribution is -2.45. The highest BCUT2D eigenvalue weighted by molar-refractivity contribution is 6.30. The lowest BCUT2D eigenvalue weighted by molar-refractivity contribution is -0.0875. The minimum absolute atomic E-state index is 0.0421. The largest absolute Gasteiger partial charge is 0.461 e. The lowest BCUT2D eigenvalue weighted by Gasteiger charge is -2.44. The van der Waals surface area contributed by atoms with Gasteiger partial charge in [-0.15, -0.1) is 0 Å². The third-order valence-electron chi connectivity index (χ3n) is 9.89. The molecular formula is C36H45ClFN5O6. The van der Waals surface area contributed by atoms with Crippen molar-refractivity contribution in [3.63, 3.8) is 0 Å². The van der Waals surface area contributed by atoms with Crippen molar-refractivity contribution in [3.05, 3.63) is 45.2 Å². The van der Waals surface area contributed by atoms with Crippen molar-refractivity contribution in [1.29, 1.82) is 5.26 Å². The summed E-state index contributed by atoms with van der Waals surface area (Å²) in [5.41, 5.74) is -0.370. The number of hydrogen-bond acceptors (Lipinski definition) is 10. The van der Waals surface area contributed by atoms with E-state index in [-0.39, 0.29) is 53.5 Å². The van der Waals surface area contributed by atoms with Gasteiger partial charge in [-0.2, -0.15) is 20.1 Å². The van der Waals surface area contributed by atoms with Gasteiger partial charge in [0.05, 0.1) is 29.1 Å². The molecule has 1 aromatic carbocycles. The summed E-state index contributed by atoms with van der Waals surface area (Å²) in [7, 11) is 0. The molecule has 2 aromatic rings. The van der Waals surface area contributed by atoms with Crippen LogP contribution in [0.2, 0.25) is 5.15 Å². The van der Waals surface area contributed by atoms with Gasteiger partial charge in [-0.3, -0.25) is 4.90 Å². The van der Waals surface area contributed by atoms with Gasteiger partial charge in [-0.1, -0.05) is 24.6 Å². The molecule has 2 fully saturated rings. The van der Waals surface area contributed by atoms with E-state index in [4.69, 9.17) is 35.5 Å². The number of halogens is 2. The van der Waals surface area contributed by atoms with E-state index in [0.717, 1.165) is 36.3 Å². The number of alkyl halides is 1. The van der Waals surface area contributed by atoms with Crippen molar-refractivity contribution in [2.75, 3.05) is 24.6 Å². The molecule has 2 amide bonds. The summed E-state index contributed by atoms with van der Waals surface area (Å²) in [5.74, 6) is 0.0653. The number of carbonyl (C=O) groups is 2. The van der Waals surface area contributed by atoms with Gasteiger partial charge in [0.2, 0.25) is 0 Å². The van der Waals surface area contributed by atoms with Crippen molar-refractivity contribution in [1.82, 2.24) is 14.9 Å². The number of imide groups is 1. The van der Waals surface area contributed by atoms with Gasteiger partial charge in [0.15, 0.2) is 0 Å². The molecule has 4 aliphatic rings. The van der Waals surface area contributed by atoms with Gasteiger partial charge in [-0.25, -0.2) is 14.0 Å². The Labute approximate surface area is 292 Å². The Bertz CT molecular complexity index is 1670. The third kappa shape index (κ3) is 6.82. The molecule has 0 saturated carbocycles. The van der Waals surface area contributed by atoms with E-state index >= 15 is 0 Å². The lowest BCUT2D eigenvalue weighted by atomic mass is 9.69. The Balaban J connectivity index is 1.39. The van der Waals surface area contributed by atoms with Crippen LogP contribution in [0.1, 0.15) is 114 Å². The van der Waals surface area contributed by atoms with E-state index < -0.39 is 35.2 Å². The second-order valence-electron chi connectivity index (χ2n) is 15.8. The number of amides is 2. The van der Waals surface area contributed by atoms with Gasteiger partial charge in [0.1, 0.15) is 40.8 Å². The van der Waals surface area contributed by atoms with Gasteiger partial charge >= 0.3 is 18.2 Å². The smallest absolute Gasteiger partial charge is 0.424 e. The minimum atomic E-state index is -1.02. The standard InChI is InChI=1S/C36H45ClFN5O6/c1-21-11-13-36(16-26-25(19-47-36)29(37)41-30(40-26)46-20-35-12-8-14-42(35)18-22(38)15-35)28-23(21)9-10-27(24(28)17-39)43(31(44)48-33(2,3)4)32(45)49-34(5,6)7/h9-10,21-22H,8,11-16,18-20H2,1-7H3/t21-,22+,35-,36+/m0/s1. The molecule has 1 aliphatic carbocycles. The van der Waals surface area contributed by atoms with E-state index in [1.807, 2.05) is 6.07 Å². The molecular weight excluding hydrogens is 653 g/mol. The quantitative estimate of drug-likeness (QED) is 0.296. The summed E-state index contributed by atoms with van der Waals surface area (Å²) < 4.78 is 38.5. The van der Waals surface area contributed by atoms with Crippen molar-refractivity contribution >= 4 is 29.5 Å². The zero-order chi connectivity index (χ0) is 35.5. The molecule has 11 nitrogen and oxygen atoms in total. The molecule has 4 heterocycles. The topological polar surface area (TPSA) is 127 Å². The Morgan fingerprint density at radius 3 is 2.49 bits per heavy atom. The number of nitriles is 1. The fourth-order valence-electron chi connectivity index (χ4n) is 7.76. The van der Waals surface area contributed by atoms with Crippen LogP contribution in [0, 0.1) is 11.3 Å². The molecule has 4 atom stereocenters. The second kappa shape index (κ2) is 12.7. The van der Waals surface area contributed by atoms with Crippen molar-refractivity contribution in [2.45, 2.75) is 128 Å². The Hall–Kier alpha value is -3.53. The van der Waals surface area contributed by atoms with Crippen LogP contribution in [0.15, 0.2) is 12.1 Å². The number of carbonyl (C=O) groups excluding carboxylic acids is 2. The van der Waals surface area contributed by atoms with Crippen molar-refractivity contribution < 1.29 is 32.9 Å². The SMILES string of the molecule is C[C@H]1CC[C@@]2(Cc3nc(OC[C@@]45CCCN4C[C@H](F)C5)nc(Cl)c3CO2)c2c1ccc(N(C(=O)OC(C)(C)C)C(=O)OC(C)(C)C)c2C#N. The van der Waals surface area contributed by atoms with Crippen molar-refractivity contribution in [3.8, 4) is 12.1 Å². The first kappa shape index (κ1) is 35.3. The highest BCUT2D eigenvalue weighted by atomic mass is 35.5. The zero-order valence-corrected chi connectivity index (χ0v) is 30.1. The number of hydrogen-bond donors (Lipinski definition) is 0. The first-order valence-corrected chi connectivity index (χ1v) is 17.4. The zero-order valence-electron chi connectivity index (χ0n) is 29.3. The number of fused-ring (bicyclic) bond motifs is 4. The van der Waals surface area contributed by atoms with E-state index in [1.165, 1.54) is 0 Å². The molecule has 2 saturated heterocycles. The number of anilines is 1. The molecule has 0 bridgehead atoms. The maximum Gasteiger partial charge on any atom is 0.424 e. The minimum Gasteiger partial charge on any atom is -0.461 e. The van der Waals surface area contributed by atoms with Crippen LogP contribution in [0.25, 0.3) is 0 Å². The van der Waals surface area contributed by atoms with Crippen LogP contribution in [0.4, 0.5) is 19.7 Å². The summed E-state index contributed by atoms with van der Waals surface area (Å²) in [6, 6.07) is 5.85. The Morgan fingerprint density at radius 1 is 1.14 bits per heavy atom. The second-order valence-corrected chi connectivity index (χ2v) is 16.2. The maximum atomic E-state index is 14.4. The van der Waals surface area contributed by atoms with Crippen LogP contribution in [0.5, 0.6) is 6.01 Å². The summed E-state index contributed by atoms with van der Waals surface area (Å²) in [6.45, 7) is 13.8. The molecule has 6 rings (SSSR count). The summed E-state index contributed by atoms with van der Waals surface area (Å²) in [5, 5.41) is 11.0. The molecule has 0 unspecified atom stereocenters. The molecule has 1 spiro atoms. The summed E-state index contributed by atoms with van der Waals surface area (Å²) in [4.78, 5) is 39.4. The van der Waals surface area contributed by atoms with Gasteiger partial charge < -0.3 is 18.9 Å². The van der Waals surface area contributed by atoms with Crippen LogP contribution < -0.4 is 9.64 Å². The monoisotopic (exact) mass is 697 g/mol. The third-order valence-corrected chi connectivity index (χ3v) is 10.2. The molecule has 0 N–H and O–H groups in total. The van der Waals surface area contributed by atoms with Crippen molar-refractivity contribution in [2.24, 2.45) is 0 Å². The van der Waals surface area contributed by atoms with E-state index in [9.17, 15) is 19.2 Å².